The van der Waals surface area contributed by atoms with Crippen LogP contribution >= 0.6 is 15.9 Å². The van der Waals surface area contributed by atoms with Gasteiger partial charge in [-0.2, -0.15) is 0 Å². The maximum Gasteiger partial charge on any atom is 0.410 e. The molecular formula is C27H32BrN3O5. The van der Waals surface area contributed by atoms with Gasteiger partial charge in [-0.1, -0.05) is 60.1 Å². The van der Waals surface area contributed by atoms with Crippen LogP contribution in [0.5, 0.6) is 0 Å². The molecule has 1 saturated heterocycles. The predicted molar refractivity (Wildman–Crippen MR) is 139 cm³/mol. The standard InChI is InChI=1S/C27H32BrN3O5/c1-17(2)11-23(30(3)26(35)36-15-18-7-5-4-6-8-18)24(33)31-22-10-9-19(28)12-21(22)27(25(31)34)13-20(14-32)29-16-27/h4-10,12,17,20,23,29,32H,11,13-16H2,1-3H3/t20-,23-,27-/m0/s1. The van der Waals surface area contributed by atoms with E-state index >= 15 is 0 Å². The zero-order valence-corrected chi connectivity index (χ0v) is 22.3. The number of carbonyl (C=O) groups is 3. The highest BCUT2D eigenvalue weighted by atomic mass is 79.9. The van der Waals surface area contributed by atoms with Crippen LogP contribution in [0.25, 0.3) is 0 Å². The molecule has 3 amide bonds. The number of carbonyl (C=O) groups excluding carboxylic acids is 3. The first-order valence-corrected chi connectivity index (χ1v) is 12.9. The van der Waals surface area contributed by atoms with Gasteiger partial charge >= 0.3 is 6.09 Å². The van der Waals surface area contributed by atoms with Crippen LogP contribution in [0.4, 0.5) is 10.5 Å². The molecule has 3 atom stereocenters. The lowest BCUT2D eigenvalue weighted by Gasteiger charge is -2.31. The minimum absolute atomic E-state index is 0.0867. The number of halogens is 1. The topological polar surface area (TPSA) is 99.2 Å². The van der Waals surface area contributed by atoms with Crippen molar-refractivity contribution >= 4 is 39.5 Å². The molecule has 0 aliphatic carbocycles. The highest BCUT2D eigenvalue weighted by molar-refractivity contribution is 9.10. The van der Waals surface area contributed by atoms with Crippen LogP contribution < -0.4 is 10.2 Å². The van der Waals surface area contributed by atoms with Gasteiger partial charge in [0.25, 0.3) is 5.91 Å². The Morgan fingerprint density at radius 3 is 2.61 bits per heavy atom. The lowest BCUT2D eigenvalue weighted by Crippen LogP contribution is -2.53. The minimum atomic E-state index is -0.947. The molecule has 2 aliphatic rings. The first kappa shape index (κ1) is 26.3. The molecule has 1 spiro atoms. The van der Waals surface area contributed by atoms with Gasteiger partial charge in [0.15, 0.2) is 0 Å². The predicted octanol–water partition coefficient (Wildman–Crippen LogP) is 3.60. The molecule has 2 aromatic rings. The van der Waals surface area contributed by atoms with Crippen LogP contribution in [-0.2, 0) is 26.3 Å². The molecular weight excluding hydrogens is 526 g/mol. The number of anilines is 1. The molecule has 2 N–H and O–H groups in total. The Hall–Kier alpha value is -2.75. The van der Waals surface area contributed by atoms with E-state index in [-0.39, 0.29) is 31.1 Å². The number of rotatable bonds is 7. The van der Waals surface area contributed by atoms with Gasteiger partial charge in [0.2, 0.25) is 5.91 Å². The average molecular weight is 558 g/mol. The molecule has 0 saturated carbocycles. The second-order valence-corrected chi connectivity index (χ2v) is 10.9. The Kier molecular flexibility index (Phi) is 7.82. The lowest BCUT2D eigenvalue weighted by atomic mass is 9.79. The third-order valence-electron chi connectivity index (χ3n) is 7.00. The summed E-state index contributed by atoms with van der Waals surface area (Å²) in [5.41, 5.74) is 1.16. The summed E-state index contributed by atoms with van der Waals surface area (Å²) in [5, 5.41) is 12.9. The summed E-state index contributed by atoms with van der Waals surface area (Å²) in [6.07, 6.45) is 0.132. The van der Waals surface area contributed by atoms with Gasteiger partial charge < -0.3 is 15.2 Å². The van der Waals surface area contributed by atoms with Crippen LogP contribution in [0.15, 0.2) is 53.0 Å². The third-order valence-corrected chi connectivity index (χ3v) is 7.49. The summed E-state index contributed by atoms with van der Waals surface area (Å²) in [4.78, 5) is 43.4. The molecule has 36 heavy (non-hydrogen) atoms. The van der Waals surface area contributed by atoms with Gasteiger partial charge in [0.05, 0.1) is 17.7 Å². The van der Waals surface area contributed by atoms with Crippen molar-refractivity contribution in [2.24, 2.45) is 5.92 Å². The van der Waals surface area contributed by atoms with Crippen LogP contribution in [0.2, 0.25) is 0 Å². The smallest absolute Gasteiger partial charge is 0.410 e. The van der Waals surface area contributed by atoms with Gasteiger partial charge in [0.1, 0.15) is 12.6 Å². The Balaban J connectivity index is 1.62. The number of ether oxygens (including phenoxy) is 1. The number of fused-ring (bicyclic) bond motifs is 2. The third kappa shape index (κ3) is 4.92. The van der Waals surface area contributed by atoms with E-state index in [1.807, 2.05) is 50.2 Å². The number of nitrogens with one attached hydrogen (secondary N) is 1. The first-order chi connectivity index (χ1) is 17.2. The van der Waals surface area contributed by atoms with Crippen molar-refractivity contribution in [2.75, 3.05) is 25.1 Å². The van der Waals surface area contributed by atoms with Gasteiger partial charge in [-0.25, -0.2) is 9.69 Å². The quantitative estimate of drug-likeness (QED) is 0.539. The van der Waals surface area contributed by atoms with Gasteiger partial charge in [-0.3, -0.25) is 14.5 Å². The van der Waals surface area contributed by atoms with Crippen molar-refractivity contribution in [2.45, 2.75) is 50.8 Å². The molecule has 0 bridgehead atoms. The molecule has 1 fully saturated rings. The summed E-state index contributed by atoms with van der Waals surface area (Å²) in [6.45, 7) is 4.25. The number of likely N-dealkylation sites (N-methyl/N-ethyl adjacent to an activating group) is 1. The number of amides is 3. The molecule has 0 radical (unpaired) electrons. The Bertz CT molecular complexity index is 1140. The number of aliphatic hydroxyl groups excluding tert-OH is 1. The summed E-state index contributed by atoms with van der Waals surface area (Å²) < 4.78 is 6.29. The monoisotopic (exact) mass is 557 g/mol. The number of nitrogens with zero attached hydrogens (tertiary/aromatic N) is 2. The van der Waals surface area contributed by atoms with Gasteiger partial charge in [-0.15, -0.1) is 0 Å². The summed E-state index contributed by atoms with van der Waals surface area (Å²) >= 11 is 3.49. The summed E-state index contributed by atoms with van der Waals surface area (Å²) in [5.74, 6) is -0.698. The van der Waals surface area contributed by atoms with Crippen molar-refractivity contribution in [3.05, 3.63) is 64.1 Å². The van der Waals surface area contributed by atoms with E-state index in [1.165, 1.54) is 16.8 Å². The molecule has 0 aromatic heterocycles. The maximum absolute atomic E-state index is 14.0. The van der Waals surface area contributed by atoms with Crippen molar-refractivity contribution in [1.82, 2.24) is 10.2 Å². The molecule has 4 rings (SSSR count). The van der Waals surface area contributed by atoms with Crippen LogP contribution in [0.1, 0.15) is 37.8 Å². The van der Waals surface area contributed by atoms with Crippen LogP contribution in [0.3, 0.4) is 0 Å². The average Bonchev–Trinajstić information content (AvgIpc) is 3.41. The van der Waals surface area contributed by atoms with Crippen molar-refractivity contribution < 1.29 is 24.2 Å². The highest BCUT2D eigenvalue weighted by Crippen LogP contribution is 2.48. The molecule has 2 aromatic carbocycles. The molecule has 192 valence electrons. The van der Waals surface area contributed by atoms with E-state index in [4.69, 9.17) is 4.74 Å². The fourth-order valence-corrected chi connectivity index (χ4v) is 5.45. The lowest BCUT2D eigenvalue weighted by molar-refractivity contribution is -0.131. The van der Waals surface area contributed by atoms with Crippen molar-refractivity contribution in [3.63, 3.8) is 0 Å². The molecule has 8 nitrogen and oxygen atoms in total. The van der Waals surface area contributed by atoms with Gasteiger partial charge in [0, 0.05) is 24.1 Å². The zero-order valence-electron chi connectivity index (χ0n) is 20.7. The van der Waals surface area contributed by atoms with Gasteiger partial charge in [-0.05, 0) is 48.1 Å². The number of benzene rings is 2. The van der Waals surface area contributed by atoms with E-state index in [0.717, 1.165) is 15.6 Å². The summed E-state index contributed by atoms with van der Waals surface area (Å²) in [7, 11) is 1.54. The zero-order chi connectivity index (χ0) is 26.0. The Morgan fingerprint density at radius 1 is 1.25 bits per heavy atom. The number of hydrogen-bond donors (Lipinski definition) is 2. The van der Waals surface area contributed by atoms with E-state index < -0.39 is 23.5 Å². The molecule has 9 heteroatoms. The Labute approximate surface area is 219 Å². The van der Waals surface area contributed by atoms with E-state index in [0.29, 0.717) is 25.1 Å². The summed E-state index contributed by atoms with van der Waals surface area (Å²) in [6, 6.07) is 13.6. The van der Waals surface area contributed by atoms with E-state index in [9.17, 15) is 19.5 Å². The highest BCUT2D eigenvalue weighted by Gasteiger charge is 2.57. The number of imide groups is 1. The molecule has 2 aliphatic heterocycles. The fraction of sp³-hybridized carbons (Fsp3) is 0.444. The second kappa shape index (κ2) is 10.7. The Morgan fingerprint density at radius 2 is 1.97 bits per heavy atom. The first-order valence-electron chi connectivity index (χ1n) is 12.1. The van der Waals surface area contributed by atoms with Crippen molar-refractivity contribution in [1.29, 1.82) is 0 Å². The number of aliphatic hydroxyl groups is 1. The number of hydrogen-bond acceptors (Lipinski definition) is 6. The minimum Gasteiger partial charge on any atom is -0.445 e. The fourth-order valence-electron chi connectivity index (χ4n) is 5.09. The molecule has 2 heterocycles. The van der Waals surface area contributed by atoms with E-state index in [2.05, 4.69) is 21.2 Å². The maximum atomic E-state index is 14.0. The SMILES string of the molecule is CC(C)C[C@@H](C(=O)N1C(=O)[C@@]2(CN[C@H](CO)C2)c2cc(Br)ccc21)N(C)C(=O)OCc1ccccc1. The largest absolute Gasteiger partial charge is 0.445 e. The van der Waals surface area contributed by atoms with Crippen LogP contribution in [-0.4, -0.2) is 60.2 Å². The van der Waals surface area contributed by atoms with Crippen LogP contribution in [0, 0.1) is 5.92 Å². The second-order valence-electron chi connectivity index (χ2n) is 9.98. The van der Waals surface area contributed by atoms with Crippen molar-refractivity contribution in [3.8, 4) is 0 Å². The normalized spacial score (nSPS) is 21.7. The molecule has 0 unspecified atom stereocenters. The van der Waals surface area contributed by atoms with E-state index in [1.54, 1.807) is 12.1 Å².